The summed E-state index contributed by atoms with van der Waals surface area (Å²) in [7, 11) is 0. The van der Waals surface area contributed by atoms with Crippen molar-refractivity contribution in [2.24, 2.45) is 0 Å². The number of halogens is 7. The monoisotopic (exact) mass is 436 g/mol. The minimum Gasteiger partial charge on any atom is -0.453 e. The molecule has 0 radical (unpaired) electrons. The highest BCUT2D eigenvalue weighted by molar-refractivity contribution is 6.42. The third-order valence-electron chi connectivity index (χ3n) is 3.57. The van der Waals surface area contributed by atoms with Crippen LogP contribution < -0.4 is 4.74 Å². The van der Waals surface area contributed by atoms with E-state index in [-0.39, 0.29) is 45.0 Å². The molecule has 3 nitrogen and oxygen atoms in total. The highest BCUT2D eigenvalue weighted by Crippen LogP contribution is 2.42. The van der Waals surface area contributed by atoms with Gasteiger partial charge >= 0.3 is 6.18 Å². The van der Waals surface area contributed by atoms with Crippen molar-refractivity contribution in [2.75, 3.05) is 0 Å². The quantitative estimate of drug-likeness (QED) is 0.321. The lowest BCUT2D eigenvalue weighted by molar-refractivity contribution is -0.138. The van der Waals surface area contributed by atoms with Gasteiger partial charge in [0.05, 0.1) is 21.2 Å². The summed E-state index contributed by atoms with van der Waals surface area (Å²) in [6.07, 6.45) is -4.51. The van der Waals surface area contributed by atoms with Crippen LogP contribution in [0.3, 0.4) is 0 Å². The van der Waals surface area contributed by atoms with E-state index in [1.807, 2.05) is 0 Å². The normalized spacial score (nSPS) is 11.5. The Morgan fingerprint density at radius 2 is 1.57 bits per heavy atom. The first-order valence-corrected chi connectivity index (χ1v) is 8.14. The fourth-order valence-corrected chi connectivity index (χ4v) is 2.61. The number of carbonyl (C=O) groups is 1. The van der Waals surface area contributed by atoms with Gasteiger partial charge < -0.3 is 9.15 Å². The van der Waals surface area contributed by atoms with E-state index < -0.39 is 29.1 Å². The SMILES string of the molecule is O=Cc1ccc(-c2cc(Cl)c(Cl)cc2Oc2c(F)cc(C(F)(F)F)cc2F)o1. The molecule has 1 heterocycles. The van der Waals surface area contributed by atoms with Gasteiger partial charge in [0.2, 0.25) is 0 Å². The zero-order chi connectivity index (χ0) is 20.6. The molecule has 0 atom stereocenters. The van der Waals surface area contributed by atoms with Gasteiger partial charge in [0.25, 0.3) is 0 Å². The van der Waals surface area contributed by atoms with Crippen LogP contribution >= 0.6 is 23.2 Å². The Balaban J connectivity index is 2.10. The third kappa shape index (κ3) is 3.98. The van der Waals surface area contributed by atoms with Crippen molar-refractivity contribution >= 4 is 29.5 Å². The van der Waals surface area contributed by atoms with E-state index >= 15 is 0 Å². The number of alkyl halides is 3. The Bertz CT molecular complexity index is 1040. The van der Waals surface area contributed by atoms with Gasteiger partial charge in [-0.05, 0) is 30.3 Å². The number of ether oxygens (including phenoxy) is 1. The molecule has 3 aromatic rings. The number of furan rings is 1. The molecule has 0 fully saturated rings. The standard InChI is InChI=1S/C18H7Cl2F5O3/c19-11-5-10(15-2-1-9(7-26)27-15)16(6-12(11)20)28-17-13(21)3-8(4-14(17)22)18(23,24)25/h1-7H. The van der Waals surface area contributed by atoms with Crippen molar-refractivity contribution in [3.05, 3.63) is 69.4 Å². The van der Waals surface area contributed by atoms with Gasteiger partial charge in [0.15, 0.2) is 29.4 Å². The van der Waals surface area contributed by atoms with Gasteiger partial charge in [-0.25, -0.2) is 8.78 Å². The van der Waals surface area contributed by atoms with E-state index in [9.17, 15) is 26.7 Å². The van der Waals surface area contributed by atoms with Crippen molar-refractivity contribution in [2.45, 2.75) is 6.18 Å². The molecule has 1 aromatic heterocycles. The number of hydrogen-bond donors (Lipinski definition) is 0. The maximum Gasteiger partial charge on any atom is 0.416 e. The predicted molar refractivity (Wildman–Crippen MR) is 91.0 cm³/mol. The molecule has 0 amide bonds. The average molecular weight is 437 g/mol. The summed E-state index contributed by atoms with van der Waals surface area (Å²) < 4.78 is 76.6. The molecule has 10 heteroatoms. The molecule has 0 saturated carbocycles. The summed E-state index contributed by atoms with van der Waals surface area (Å²) in [6.45, 7) is 0. The molecule has 0 N–H and O–H groups in total. The van der Waals surface area contributed by atoms with Gasteiger partial charge in [-0.2, -0.15) is 13.2 Å². The molecule has 0 aliphatic rings. The zero-order valence-electron chi connectivity index (χ0n) is 13.4. The van der Waals surface area contributed by atoms with E-state index in [0.29, 0.717) is 6.29 Å². The van der Waals surface area contributed by atoms with Crippen LogP contribution in [0.15, 0.2) is 40.8 Å². The van der Waals surface area contributed by atoms with E-state index in [1.165, 1.54) is 18.2 Å². The van der Waals surface area contributed by atoms with Gasteiger partial charge in [0.1, 0.15) is 11.5 Å². The summed E-state index contributed by atoms with van der Waals surface area (Å²) in [6, 6.07) is 5.27. The first-order valence-electron chi connectivity index (χ1n) is 7.38. The minimum atomic E-state index is -4.94. The lowest BCUT2D eigenvalue weighted by Gasteiger charge is -2.14. The second-order valence-corrected chi connectivity index (χ2v) is 6.27. The molecular formula is C18H7Cl2F5O3. The summed E-state index contributed by atoms with van der Waals surface area (Å²) in [4.78, 5) is 10.8. The molecular weight excluding hydrogens is 430 g/mol. The topological polar surface area (TPSA) is 39.4 Å². The predicted octanol–water partition coefficient (Wildman–Crippen LogP) is 7.16. The van der Waals surface area contributed by atoms with Crippen LogP contribution in [0.2, 0.25) is 10.0 Å². The van der Waals surface area contributed by atoms with Gasteiger partial charge in [-0.3, -0.25) is 4.79 Å². The summed E-state index contributed by atoms with van der Waals surface area (Å²) in [5.41, 5.74) is -1.44. The molecule has 0 aliphatic heterocycles. The Morgan fingerprint density at radius 1 is 0.964 bits per heavy atom. The second-order valence-electron chi connectivity index (χ2n) is 5.45. The summed E-state index contributed by atoms with van der Waals surface area (Å²) >= 11 is 11.8. The largest absolute Gasteiger partial charge is 0.453 e. The molecule has 0 saturated heterocycles. The summed E-state index contributed by atoms with van der Waals surface area (Å²) in [5.74, 6) is -4.45. The molecule has 0 aliphatic carbocycles. The van der Waals surface area contributed by atoms with Crippen LogP contribution in [0.25, 0.3) is 11.3 Å². The van der Waals surface area contributed by atoms with Crippen LogP contribution in [-0.2, 0) is 6.18 Å². The van der Waals surface area contributed by atoms with E-state index in [4.69, 9.17) is 32.4 Å². The van der Waals surface area contributed by atoms with Gasteiger partial charge in [-0.1, -0.05) is 23.2 Å². The van der Waals surface area contributed by atoms with Crippen molar-refractivity contribution in [3.63, 3.8) is 0 Å². The number of carbonyl (C=O) groups excluding carboxylic acids is 1. The van der Waals surface area contributed by atoms with Crippen molar-refractivity contribution in [1.82, 2.24) is 0 Å². The van der Waals surface area contributed by atoms with Crippen LogP contribution in [0.1, 0.15) is 16.1 Å². The Hall–Kier alpha value is -2.58. The molecule has 2 aromatic carbocycles. The third-order valence-corrected chi connectivity index (χ3v) is 4.29. The molecule has 0 spiro atoms. The lowest BCUT2D eigenvalue weighted by atomic mass is 10.1. The fraction of sp³-hybridized carbons (Fsp3) is 0.0556. The van der Waals surface area contributed by atoms with Gasteiger partial charge in [0, 0.05) is 6.07 Å². The van der Waals surface area contributed by atoms with E-state index in [1.54, 1.807) is 0 Å². The van der Waals surface area contributed by atoms with E-state index in [0.717, 1.165) is 6.07 Å². The fourth-order valence-electron chi connectivity index (χ4n) is 2.30. The summed E-state index contributed by atoms with van der Waals surface area (Å²) in [5, 5.41) is -0.00301. The highest BCUT2D eigenvalue weighted by atomic mass is 35.5. The highest BCUT2D eigenvalue weighted by Gasteiger charge is 2.33. The maximum absolute atomic E-state index is 14.1. The molecule has 0 unspecified atom stereocenters. The zero-order valence-corrected chi connectivity index (χ0v) is 14.9. The molecule has 3 rings (SSSR count). The molecule has 146 valence electrons. The number of benzene rings is 2. The smallest absolute Gasteiger partial charge is 0.416 e. The second kappa shape index (κ2) is 7.44. The van der Waals surface area contributed by atoms with E-state index in [2.05, 4.69) is 0 Å². The van der Waals surface area contributed by atoms with Gasteiger partial charge in [-0.15, -0.1) is 0 Å². The van der Waals surface area contributed by atoms with Crippen LogP contribution in [0.4, 0.5) is 22.0 Å². The minimum absolute atomic E-state index is 0.0427. The average Bonchev–Trinajstić information content (AvgIpc) is 3.08. The lowest BCUT2D eigenvalue weighted by Crippen LogP contribution is -2.07. The number of aldehydes is 1. The van der Waals surface area contributed by atoms with Crippen LogP contribution in [-0.4, -0.2) is 6.29 Å². The first-order chi connectivity index (χ1) is 13.1. The van der Waals surface area contributed by atoms with Crippen molar-refractivity contribution < 1.29 is 35.9 Å². The number of hydrogen-bond acceptors (Lipinski definition) is 3. The van der Waals surface area contributed by atoms with Crippen molar-refractivity contribution in [1.29, 1.82) is 0 Å². The van der Waals surface area contributed by atoms with Crippen LogP contribution in [0, 0.1) is 11.6 Å². The Kier molecular flexibility index (Phi) is 5.36. The Morgan fingerprint density at radius 3 is 2.11 bits per heavy atom. The van der Waals surface area contributed by atoms with Crippen molar-refractivity contribution in [3.8, 4) is 22.8 Å². The molecule has 28 heavy (non-hydrogen) atoms. The maximum atomic E-state index is 14.1. The molecule has 0 bridgehead atoms. The first kappa shape index (κ1) is 20.2. The number of rotatable bonds is 4. The Labute approximate surface area is 164 Å². The van der Waals surface area contributed by atoms with Crippen LogP contribution in [0.5, 0.6) is 11.5 Å².